The van der Waals surface area contributed by atoms with Crippen LogP contribution in [0.4, 0.5) is 4.39 Å². The summed E-state index contributed by atoms with van der Waals surface area (Å²) >= 11 is 0. The molecule has 1 heterocycles. The average Bonchev–Trinajstić information content (AvgIpc) is 2.43. The topological polar surface area (TPSA) is 21.3 Å². The van der Waals surface area contributed by atoms with E-state index in [0.29, 0.717) is 5.92 Å². The molecule has 1 aliphatic rings. The van der Waals surface area contributed by atoms with Crippen molar-refractivity contribution < 1.29 is 9.13 Å². The van der Waals surface area contributed by atoms with Crippen molar-refractivity contribution in [1.29, 1.82) is 0 Å². The number of halogens is 1. The van der Waals surface area contributed by atoms with Gasteiger partial charge in [-0.3, -0.25) is 0 Å². The van der Waals surface area contributed by atoms with E-state index in [0.717, 1.165) is 51.1 Å². The first-order chi connectivity index (χ1) is 10.0. The van der Waals surface area contributed by atoms with E-state index >= 15 is 0 Å². The second kappa shape index (κ2) is 7.37. The van der Waals surface area contributed by atoms with Gasteiger partial charge in [-0.05, 0) is 67.3 Å². The summed E-state index contributed by atoms with van der Waals surface area (Å²) in [5.41, 5.74) is 2.53. The van der Waals surface area contributed by atoms with Gasteiger partial charge in [0.15, 0.2) is 0 Å². The zero-order valence-electron chi connectivity index (χ0n) is 13.5. The average molecular weight is 293 g/mol. The molecule has 0 atom stereocenters. The number of ether oxygens (including phenoxy) is 1. The van der Waals surface area contributed by atoms with Crippen molar-refractivity contribution >= 4 is 0 Å². The van der Waals surface area contributed by atoms with E-state index in [2.05, 4.69) is 26.1 Å². The van der Waals surface area contributed by atoms with Crippen molar-refractivity contribution in [2.45, 2.75) is 40.0 Å². The smallest absolute Gasteiger partial charge is 0.123 e. The van der Waals surface area contributed by atoms with Crippen molar-refractivity contribution in [3.05, 3.63) is 35.1 Å². The zero-order valence-corrected chi connectivity index (χ0v) is 13.5. The molecule has 1 N–H and O–H groups in total. The number of rotatable bonds is 6. The highest BCUT2D eigenvalue weighted by Crippen LogP contribution is 2.34. The molecule has 118 valence electrons. The summed E-state index contributed by atoms with van der Waals surface area (Å²) in [7, 11) is 0. The zero-order chi connectivity index (χ0) is 15.3. The summed E-state index contributed by atoms with van der Waals surface area (Å²) in [6, 6.07) is 5.14. The number of nitrogens with one attached hydrogen (secondary N) is 1. The van der Waals surface area contributed by atoms with E-state index in [1.807, 2.05) is 6.07 Å². The van der Waals surface area contributed by atoms with Crippen molar-refractivity contribution in [2.24, 2.45) is 11.3 Å². The Morgan fingerprint density at radius 3 is 2.67 bits per heavy atom. The lowest BCUT2D eigenvalue weighted by Gasteiger charge is -2.38. The third-order valence-electron chi connectivity index (χ3n) is 4.48. The molecule has 2 nitrogen and oxygen atoms in total. The van der Waals surface area contributed by atoms with Gasteiger partial charge in [0.05, 0.1) is 0 Å². The van der Waals surface area contributed by atoms with Gasteiger partial charge in [0, 0.05) is 19.8 Å². The summed E-state index contributed by atoms with van der Waals surface area (Å²) in [4.78, 5) is 0. The molecule has 0 radical (unpaired) electrons. The highest BCUT2D eigenvalue weighted by Gasteiger charge is 2.33. The maximum absolute atomic E-state index is 13.5. The van der Waals surface area contributed by atoms with Crippen molar-refractivity contribution in [3.63, 3.8) is 0 Å². The predicted octanol–water partition coefficient (Wildman–Crippen LogP) is 3.72. The largest absolute Gasteiger partial charge is 0.381 e. The van der Waals surface area contributed by atoms with Gasteiger partial charge in [-0.2, -0.15) is 0 Å². The van der Waals surface area contributed by atoms with E-state index in [1.165, 1.54) is 5.56 Å². The Kier molecular flexibility index (Phi) is 5.77. The molecule has 0 aliphatic carbocycles. The van der Waals surface area contributed by atoms with Gasteiger partial charge in [-0.15, -0.1) is 0 Å². The first kappa shape index (κ1) is 16.4. The maximum atomic E-state index is 13.5. The van der Waals surface area contributed by atoms with Crippen LogP contribution in [-0.2, 0) is 11.2 Å². The number of aryl methyl sites for hydroxylation is 1. The molecular weight excluding hydrogens is 265 g/mol. The van der Waals surface area contributed by atoms with Gasteiger partial charge in [-0.1, -0.05) is 19.9 Å². The van der Waals surface area contributed by atoms with Crippen molar-refractivity contribution in [3.8, 4) is 0 Å². The summed E-state index contributed by atoms with van der Waals surface area (Å²) in [6.45, 7) is 10.2. The van der Waals surface area contributed by atoms with E-state index in [-0.39, 0.29) is 11.2 Å². The van der Waals surface area contributed by atoms with Crippen molar-refractivity contribution in [2.75, 3.05) is 26.3 Å². The van der Waals surface area contributed by atoms with Gasteiger partial charge in [0.25, 0.3) is 0 Å². The Morgan fingerprint density at radius 1 is 1.29 bits per heavy atom. The van der Waals surface area contributed by atoms with E-state index in [4.69, 9.17) is 4.74 Å². The van der Waals surface area contributed by atoms with Crippen molar-refractivity contribution in [1.82, 2.24) is 5.32 Å². The number of hydrogen-bond donors (Lipinski definition) is 1. The van der Waals surface area contributed by atoms with Crippen LogP contribution in [0.3, 0.4) is 0 Å². The minimum Gasteiger partial charge on any atom is -0.381 e. The number of hydrogen-bond acceptors (Lipinski definition) is 2. The molecule has 1 aromatic rings. The summed E-state index contributed by atoms with van der Waals surface area (Å²) in [5, 5.41) is 3.60. The Labute approximate surface area is 128 Å². The molecule has 0 unspecified atom stereocenters. The van der Waals surface area contributed by atoms with Crippen LogP contribution >= 0.6 is 0 Å². The van der Waals surface area contributed by atoms with Crippen LogP contribution in [0.25, 0.3) is 0 Å². The molecule has 0 aromatic heterocycles. The standard InChI is InChI=1S/C18H28FNO/c1-14(2)12-20-13-18(6-8-21-9-7-18)11-16-10-17(19)5-4-15(16)3/h4-5,10,14,20H,6-9,11-13H2,1-3H3. The quantitative estimate of drug-likeness (QED) is 0.863. The highest BCUT2D eigenvalue weighted by atomic mass is 19.1. The molecule has 1 aliphatic heterocycles. The Hall–Kier alpha value is -0.930. The van der Waals surface area contributed by atoms with Gasteiger partial charge in [-0.25, -0.2) is 4.39 Å². The molecule has 21 heavy (non-hydrogen) atoms. The van der Waals surface area contributed by atoms with E-state index < -0.39 is 0 Å². The van der Waals surface area contributed by atoms with Crippen LogP contribution < -0.4 is 5.32 Å². The van der Waals surface area contributed by atoms with Gasteiger partial charge in [0.2, 0.25) is 0 Å². The second-order valence-corrected chi connectivity index (χ2v) is 6.88. The van der Waals surface area contributed by atoms with Gasteiger partial charge in [0.1, 0.15) is 5.82 Å². The molecule has 1 saturated heterocycles. The molecule has 0 saturated carbocycles. The van der Waals surface area contributed by atoms with Gasteiger partial charge >= 0.3 is 0 Å². The molecule has 1 fully saturated rings. The molecule has 3 heteroatoms. The normalized spacial score (nSPS) is 18.1. The van der Waals surface area contributed by atoms with E-state index in [1.54, 1.807) is 12.1 Å². The maximum Gasteiger partial charge on any atom is 0.123 e. The van der Waals surface area contributed by atoms with Crippen LogP contribution in [0, 0.1) is 24.1 Å². The summed E-state index contributed by atoms with van der Waals surface area (Å²) < 4.78 is 19.1. The lowest BCUT2D eigenvalue weighted by atomic mass is 9.74. The van der Waals surface area contributed by atoms with Gasteiger partial charge < -0.3 is 10.1 Å². The monoisotopic (exact) mass is 293 g/mol. The molecular formula is C18H28FNO. The second-order valence-electron chi connectivity index (χ2n) is 6.88. The lowest BCUT2D eigenvalue weighted by Crippen LogP contribution is -2.42. The fraction of sp³-hybridized carbons (Fsp3) is 0.667. The number of benzene rings is 1. The van der Waals surface area contributed by atoms with E-state index in [9.17, 15) is 4.39 Å². The molecule has 0 spiro atoms. The van der Waals surface area contributed by atoms with Crippen LogP contribution in [0.5, 0.6) is 0 Å². The first-order valence-electron chi connectivity index (χ1n) is 8.04. The fourth-order valence-corrected chi connectivity index (χ4v) is 3.08. The Bertz CT molecular complexity index is 453. The SMILES string of the molecule is Cc1ccc(F)cc1CC1(CNCC(C)C)CCOCC1. The predicted molar refractivity (Wildman–Crippen MR) is 85.0 cm³/mol. The molecule has 0 amide bonds. The Morgan fingerprint density at radius 2 is 2.00 bits per heavy atom. The lowest BCUT2D eigenvalue weighted by molar-refractivity contribution is 0.0146. The van der Waals surface area contributed by atoms with Crippen LogP contribution in [-0.4, -0.2) is 26.3 Å². The third kappa shape index (κ3) is 4.79. The minimum absolute atomic E-state index is 0.132. The fourth-order valence-electron chi connectivity index (χ4n) is 3.08. The molecule has 2 rings (SSSR count). The summed E-state index contributed by atoms with van der Waals surface area (Å²) in [5.74, 6) is 0.519. The highest BCUT2D eigenvalue weighted by molar-refractivity contribution is 5.28. The first-order valence-corrected chi connectivity index (χ1v) is 8.04. The van der Waals surface area contributed by atoms with Crippen LogP contribution in [0.2, 0.25) is 0 Å². The molecule has 1 aromatic carbocycles. The third-order valence-corrected chi connectivity index (χ3v) is 4.48. The molecule has 0 bridgehead atoms. The Balaban J connectivity index is 2.09. The van der Waals surface area contributed by atoms with Crippen LogP contribution in [0.1, 0.15) is 37.8 Å². The summed E-state index contributed by atoms with van der Waals surface area (Å²) in [6.07, 6.45) is 3.03. The minimum atomic E-state index is -0.132. The van der Waals surface area contributed by atoms with Crippen LogP contribution in [0.15, 0.2) is 18.2 Å².